The molecule has 1 aliphatic rings. The topological polar surface area (TPSA) is 74.4 Å². The number of nitrogens with zero attached hydrogens (tertiary/aromatic N) is 1. The van der Waals surface area contributed by atoms with Gasteiger partial charge in [0.25, 0.3) is 5.91 Å². The van der Waals surface area contributed by atoms with E-state index in [1.807, 2.05) is 30.5 Å². The van der Waals surface area contributed by atoms with Crippen molar-refractivity contribution < 1.29 is 14.3 Å². The predicted molar refractivity (Wildman–Crippen MR) is 108 cm³/mol. The van der Waals surface area contributed by atoms with E-state index in [1.54, 1.807) is 6.92 Å². The summed E-state index contributed by atoms with van der Waals surface area (Å²) in [6, 6.07) is 16.2. The summed E-state index contributed by atoms with van der Waals surface area (Å²) in [4.78, 5) is 15.6. The molecule has 1 aromatic heterocycles. The number of amides is 1. The van der Waals surface area contributed by atoms with E-state index < -0.39 is 12.0 Å². The van der Waals surface area contributed by atoms with E-state index in [2.05, 4.69) is 36.2 Å². The number of rotatable bonds is 5. The number of fused-ring (bicyclic) bond motifs is 3. The fraction of sp³-hybridized carbons (Fsp3) is 0.217. The number of benzene rings is 2. The molecule has 0 saturated heterocycles. The van der Waals surface area contributed by atoms with Crippen molar-refractivity contribution in [3.05, 3.63) is 66.0 Å². The Morgan fingerprint density at radius 2 is 1.96 bits per heavy atom. The van der Waals surface area contributed by atoms with Crippen LogP contribution in [0.5, 0.6) is 11.5 Å². The summed E-state index contributed by atoms with van der Waals surface area (Å²) < 4.78 is 11.5. The lowest BCUT2D eigenvalue weighted by Gasteiger charge is -2.23. The summed E-state index contributed by atoms with van der Waals surface area (Å²) in [7, 11) is 0. The summed E-state index contributed by atoms with van der Waals surface area (Å²) in [5.41, 5.74) is 11.9. The van der Waals surface area contributed by atoms with Gasteiger partial charge in [0.15, 0.2) is 6.10 Å². The Morgan fingerprint density at radius 3 is 2.75 bits per heavy atom. The smallest absolute Gasteiger partial charge is 0.258 e. The molecular formula is C23H22N2O3. The van der Waals surface area contributed by atoms with Gasteiger partial charge in [0, 0.05) is 23.5 Å². The molecule has 0 spiro atoms. The van der Waals surface area contributed by atoms with E-state index >= 15 is 0 Å². The molecule has 1 atom stereocenters. The Bertz CT molecular complexity index is 1050. The van der Waals surface area contributed by atoms with Crippen LogP contribution in [0.15, 0.2) is 54.7 Å². The molecule has 1 amide bonds. The van der Waals surface area contributed by atoms with Crippen LogP contribution in [0.25, 0.3) is 22.3 Å². The Labute approximate surface area is 164 Å². The first kappa shape index (κ1) is 18.0. The van der Waals surface area contributed by atoms with Gasteiger partial charge in [-0.05, 0) is 65.9 Å². The number of ether oxygens (including phenoxy) is 2. The second-order valence-electron chi connectivity index (χ2n) is 6.87. The molecule has 0 bridgehead atoms. The highest BCUT2D eigenvalue weighted by Gasteiger charge is 2.20. The van der Waals surface area contributed by atoms with Crippen molar-refractivity contribution in [3.63, 3.8) is 0 Å². The van der Waals surface area contributed by atoms with Crippen LogP contribution in [0, 0.1) is 0 Å². The number of hydrogen-bond acceptors (Lipinski definition) is 4. The van der Waals surface area contributed by atoms with E-state index in [4.69, 9.17) is 15.2 Å². The first-order valence-corrected chi connectivity index (χ1v) is 9.36. The maximum atomic E-state index is 11.2. The Kier molecular flexibility index (Phi) is 4.74. The molecular weight excluding hydrogens is 352 g/mol. The molecule has 5 nitrogen and oxygen atoms in total. The highest BCUT2D eigenvalue weighted by atomic mass is 16.5. The van der Waals surface area contributed by atoms with Crippen molar-refractivity contribution in [2.45, 2.75) is 33.0 Å². The third-order valence-corrected chi connectivity index (χ3v) is 4.96. The fourth-order valence-electron chi connectivity index (χ4n) is 3.32. The Morgan fingerprint density at radius 1 is 1.14 bits per heavy atom. The molecule has 0 radical (unpaired) electrons. The second-order valence-corrected chi connectivity index (χ2v) is 6.87. The van der Waals surface area contributed by atoms with Gasteiger partial charge in [-0.15, -0.1) is 0 Å². The van der Waals surface area contributed by atoms with Gasteiger partial charge in [0.05, 0.1) is 0 Å². The van der Waals surface area contributed by atoms with Gasteiger partial charge in [0.1, 0.15) is 18.1 Å². The number of aryl methyl sites for hydroxylation is 1. The second kappa shape index (κ2) is 7.35. The van der Waals surface area contributed by atoms with Crippen molar-refractivity contribution in [2.75, 3.05) is 0 Å². The van der Waals surface area contributed by atoms with Crippen LogP contribution in [0.4, 0.5) is 0 Å². The first-order chi connectivity index (χ1) is 13.5. The summed E-state index contributed by atoms with van der Waals surface area (Å²) in [6.07, 6.45) is 2.07. The molecule has 2 N–H and O–H groups in total. The molecule has 1 aliphatic heterocycles. The Hall–Kier alpha value is -3.34. The maximum absolute atomic E-state index is 11.2. The minimum atomic E-state index is -0.694. The quantitative estimate of drug-likeness (QED) is 0.729. The van der Waals surface area contributed by atoms with E-state index in [9.17, 15) is 4.79 Å². The minimum absolute atomic E-state index is 0.494. The van der Waals surface area contributed by atoms with Crippen LogP contribution < -0.4 is 15.2 Å². The van der Waals surface area contributed by atoms with Gasteiger partial charge in [0.2, 0.25) is 0 Å². The minimum Gasteiger partial charge on any atom is -0.488 e. The molecule has 0 fully saturated rings. The molecule has 4 rings (SSSR count). The maximum Gasteiger partial charge on any atom is 0.258 e. The summed E-state index contributed by atoms with van der Waals surface area (Å²) in [6.45, 7) is 4.22. The van der Waals surface area contributed by atoms with E-state index in [1.165, 1.54) is 0 Å². The molecule has 2 aromatic carbocycles. The zero-order valence-electron chi connectivity index (χ0n) is 15.9. The molecule has 142 valence electrons. The summed E-state index contributed by atoms with van der Waals surface area (Å²) >= 11 is 0. The molecule has 5 heteroatoms. The van der Waals surface area contributed by atoms with Crippen LogP contribution in [-0.2, 0) is 17.8 Å². The number of aromatic nitrogens is 1. The Balaban J connectivity index is 1.70. The normalized spacial score (nSPS) is 13.1. The standard InChI is InChI=1S/C23H22N2O3/c1-3-18-10-16(8-9-25-18)15-4-5-17-13-27-22-12-19(28-14(2)23(24)26)6-7-20(22)21(17)11-15/h4-12,14H,3,13H2,1-2H3,(H2,24,26)/t14-/m0/s1. The fourth-order valence-corrected chi connectivity index (χ4v) is 3.32. The lowest BCUT2D eigenvalue weighted by Crippen LogP contribution is -2.30. The van der Waals surface area contributed by atoms with Gasteiger partial charge in [-0.2, -0.15) is 0 Å². The van der Waals surface area contributed by atoms with Gasteiger partial charge in [-0.1, -0.05) is 19.1 Å². The van der Waals surface area contributed by atoms with E-state index in [-0.39, 0.29) is 0 Å². The van der Waals surface area contributed by atoms with Crippen molar-refractivity contribution in [1.29, 1.82) is 0 Å². The predicted octanol–water partition coefficient (Wildman–Crippen LogP) is 4.12. The van der Waals surface area contributed by atoms with Crippen LogP contribution in [0.1, 0.15) is 25.1 Å². The largest absolute Gasteiger partial charge is 0.488 e. The average molecular weight is 374 g/mol. The zero-order chi connectivity index (χ0) is 19.7. The van der Waals surface area contributed by atoms with Crippen molar-refractivity contribution in [1.82, 2.24) is 4.98 Å². The third-order valence-electron chi connectivity index (χ3n) is 4.96. The molecule has 3 aromatic rings. The number of pyridine rings is 1. The highest BCUT2D eigenvalue weighted by Crippen LogP contribution is 2.41. The van der Waals surface area contributed by atoms with Gasteiger partial charge in [-0.25, -0.2) is 0 Å². The van der Waals surface area contributed by atoms with Crippen LogP contribution in [0.3, 0.4) is 0 Å². The molecule has 0 aliphatic carbocycles. The van der Waals surface area contributed by atoms with Crippen molar-refractivity contribution in [3.8, 4) is 33.8 Å². The van der Waals surface area contributed by atoms with Gasteiger partial charge >= 0.3 is 0 Å². The van der Waals surface area contributed by atoms with Crippen LogP contribution in [0.2, 0.25) is 0 Å². The van der Waals surface area contributed by atoms with Gasteiger partial charge < -0.3 is 15.2 Å². The van der Waals surface area contributed by atoms with Crippen molar-refractivity contribution >= 4 is 5.91 Å². The van der Waals surface area contributed by atoms with Crippen LogP contribution >= 0.6 is 0 Å². The lowest BCUT2D eigenvalue weighted by atomic mass is 9.93. The van der Waals surface area contributed by atoms with Crippen molar-refractivity contribution in [2.24, 2.45) is 5.73 Å². The molecule has 28 heavy (non-hydrogen) atoms. The van der Waals surface area contributed by atoms with Crippen LogP contribution in [-0.4, -0.2) is 17.0 Å². The van der Waals surface area contributed by atoms with Gasteiger partial charge in [-0.3, -0.25) is 9.78 Å². The lowest BCUT2D eigenvalue weighted by molar-refractivity contribution is -0.123. The molecule has 2 heterocycles. The number of primary amides is 1. The average Bonchev–Trinajstić information content (AvgIpc) is 2.73. The molecule has 0 saturated carbocycles. The molecule has 0 unspecified atom stereocenters. The number of hydrogen-bond donors (Lipinski definition) is 1. The third kappa shape index (κ3) is 3.43. The first-order valence-electron chi connectivity index (χ1n) is 9.36. The number of nitrogens with two attached hydrogens (primary N) is 1. The number of carbonyl (C=O) groups excluding carboxylic acids is 1. The monoisotopic (exact) mass is 374 g/mol. The van der Waals surface area contributed by atoms with E-state index in [0.29, 0.717) is 12.4 Å². The summed E-state index contributed by atoms with van der Waals surface area (Å²) in [5, 5.41) is 0. The summed E-state index contributed by atoms with van der Waals surface area (Å²) in [5.74, 6) is 0.798. The van der Waals surface area contributed by atoms with E-state index in [0.717, 1.165) is 45.7 Å². The zero-order valence-corrected chi connectivity index (χ0v) is 15.9. The SMILES string of the molecule is CCc1cc(-c2ccc3c(c2)-c2ccc(O[C@@H](C)C(N)=O)cc2OC3)ccn1. The number of carbonyl (C=O) groups is 1. The highest BCUT2D eigenvalue weighted by molar-refractivity contribution is 5.81.